The summed E-state index contributed by atoms with van der Waals surface area (Å²) in [5.74, 6) is 0.297. The molecule has 0 radical (unpaired) electrons. The zero-order chi connectivity index (χ0) is 13.1. The first-order chi connectivity index (χ1) is 8.60. The van der Waals surface area contributed by atoms with Gasteiger partial charge in [0.2, 0.25) is 0 Å². The third-order valence-electron chi connectivity index (χ3n) is 2.48. The van der Waals surface area contributed by atoms with E-state index in [2.05, 4.69) is 25.9 Å². The summed E-state index contributed by atoms with van der Waals surface area (Å²) in [5, 5.41) is 0. The van der Waals surface area contributed by atoms with Crippen molar-refractivity contribution in [2.75, 3.05) is 6.54 Å². The van der Waals surface area contributed by atoms with Gasteiger partial charge in [-0.05, 0) is 53.7 Å². The Morgan fingerprint density at radius 2 is 2.06 bits per heavy atom. The van der Waals surface area contributed by atoms with Crippen LogP contribution in [0.2, 0.25) is 0 Å². The first-order valence-corrected chi connectivity index (χ1v) is 6.39. The molecule has 2 N–H and O–H groups in total. The van der Waals surface area contributed by atoms with E-state index < -0.39 is 0 Å². The van der Waals surface area contributed by atoms with Gasteiger partial charge in [0.1, 0.15) is 5.82 Å². The average molecular weight is 310 g/mol. The number of aromatic nitrogens is 2. The molecule has 0 amide bonds. The molecule has 1 aromatic heterocycles. The second-order valence-corrected chi connectivity index (χ2v) is 4.84. The molecule has 0 bridgehead atoms. The van der Waals surface area contributed by atoms with Gasteiger partial charge in [0.15, 0.2) is 5.82 Å². The summed E-state index contributed by atoms with van der Waals surface area (Å²) in [6.45, 7) is 2.45. The highest BCUT2D eigenvalue weighted by atomic mass is 79.9. The molecule has 94 valence electrons. The van der Waals surface area contributed by atoms with Crippen LogP contribution >= 0.6 is 15.9 Å². The Balaban J connectivity index is 2.49. The Hall–Kier alpha value is -1.33. The molecule has 1 aromatic carbocycles. The van der Waals surface area contributed by atoms with Crippen LogP contribution in [-0.2, 0) is 6.42 Å². The molecule has 5 heteroatoms. The largest absolute Gasteiger partial charge is 0.330 e. The standard InChI is InChI=1S/C13H13BrFN3/c1-8-6-10(4-5-16)18-13(17-8)11-3-2-9(15)7-12(11)14/h2-3,6-7H,4-5,16H2,1H3. The van der Waals surface area contributed by atoms with Crippen molar-refractivity contribution < 1.29 is 4.39 Å². The summed E-state index contributed by atoms with van der Waals surface area (Å²) in [7, 11) is 0. The summed E-state index contributed by atoms with van der Waals surface area (Å²) >= 11 is 3.33. The molecule has 0 spiro atoms. The maximum atomic E-state index is 13.1. The van der Waals surface area contributed by atoms with Crippen molar-refractivity contribution in [3.8, 4) is 11.4 Å². The van der Waals surface area contributed by atoms with E-state index in [1.54, 1.807) is 6.07 Å². The molecule has 2 rings (SSSR count). The average Bonchev–Trinajstić information content (AvgIpc) is 2.28. The maximum Gasteiger partial charge on any atom is 0.160 e. The van der Waals surface area contributed by atoms with E-state index in [4.69, 9.17) is 5.73 Å². The van der Waals surface area contributed by atoms with E-state index in [0.29, 0.717) is 23.3 Å². The van der Waals surface area contributed by atoms with Crippen LogP contribution in [0.5, 0.6) is 0 Å². The molecular formula is C13H13BrFN3. The van der Waals surface area contributed by atoms with Gasteiger partial charge < -0.3 is 5.73 Å². The highest BCUT2D eigenvalue weighted by Gasteiger charge is 2.09. The van der Waals surface area contributed by atoms with Gasteiger partial charge in [-0.15, -0.1) is 0 Å². The first-order valence-electron chi connectivity index (χ1n) is 5.60. The minimum Gasteiger partial charge on any atom is -0.330 e. The van der Waals surface area contributed by atoms with E-state index in [1.807, 2.05) is 13.0 Å². The van der Waals surface area contributed by atoms with Gasteiger partial charge in [-0.2, -0.15) is 0 Å². The van der Waals surface area contributed by atoms with E-state index >= 15 is 0 Å². The first kappa shape index (κ1) is 13.1. The number of nitrogens with zero attached hydrogens (tertiary/aromatic N) is 2. The van der Waals surface area contributed by atoms with E-state index in [1.165, 1.54) is 12.1 Å². The second-order valence-electron chi connectivity index (χ2n) is 3.99. The summed E-state index contributed by atoms with van der Waals surface area (Å²) in [5.41, 5.74) is 8.08. The van der Waals surface area contributed by atoms with Gasteiger partial charge in [-0.3, -0.25) is 0 Å². The lowest BCUT2D eigenvalue weighted by Gasteiger charge is -2.07. The zero-order valence-electron chi connectivity index (χ0n) is 9.95. The van der Waals surface area contributed by atoms with Crippen LogP contribution in [0.15, 0.2) is 28.7 Å². The molecule has 0 atom stereocenters. The van der Waals surface area contributed by atoms with Crippen molar-refractivity contribution in [3.63, 3.8) is 0 Å². The minimum atomic E-state index is -0.291. The quantitative estimate of drug-likeness (QED) is 0.948. The number of aryl methyl sites for hydroxylation is 1. The van der Waals surface area contributed by atoms with Gasteiger partial charge in [0.05, 0.1) is 0 Å². The van der Waals surface area contributed by atoms with E-state index in [0.717, 1.165) is 17.0 Å². The smallest absolute Gasteiger partial charge is 0.160 e. The molecule has 0 unspecified atom stereocenters. The lowest BCUT2D eigenvalue weighted by molar-refractivity contribution is 0.627. The van der Waals surface area contributed by atoms with Crippen LogP contribution in [0.25, 0.3) is 11.4 Å². The molecule has 0 saturated heterocycles. The number of rotatable bonds is 3. The fourth-order valence-electron chi connectivity index (χ4n) is 1.70. The summed E-state index contributed by atoms with van der Waals surface area (Å²) < 4.78 is 13.7. The third kappa shape index (κ3) is 2.91. The monoisotopic (exact) mass is 309 g/mol. The minimum absolute atomic E-state index is 0.291. The normalized spacial score (nSPS) is 10.7. The lowest BCUT2D eigenvalue weighted by atomic mass is 10.2. The fraction of sp³-hybridized carbons (Fsp3) is 0.231. The molecule has 1 heterocycles. The Bertz CT molecular complexity index is 572. The maximum absolute atomic E-state index is 13.1. The van der Waals surface area contributed by atoms with Crippen LogP contribution < -0.4 is 5.73 Å². The molecule has 18 heavy (non-hydrogen) atoms. The van der Waals surface area contributed by atoms with Gasteiger partial charge >= 0.3 is 0 Å². The van der Waals surface area contributed by atoms with Crippen LogP contribution in [0.1, 0.15) is 11.4 Å². The van der Waals surface area contributed by atoms with Gasteiger partial charge in [0, 0.05) is 27.8 Å². The number of nitrogens with two attached hydrogens (primary N) is 1. The number of halogens is 2. The fourth-order valence-corrected chi connectivity index (χ4v) is 2.23. The lowest BCUT2D eigenvalue weighted by Crippen LogP contribution is -2.06. The van der Waals surface area contributed by atoms with Crippen molar-refractivity contribution in [2.45, 2.75) is 13.3 Å². The van der Waals surface area contributed by atoms with Crippen LogP contribution in [0.3, 0.4) is 0 Å². The van der Waals surface area contributed by atoms with E-state index in [-0.39, 0.29) is 5.82 Å². The molecular weight excluding hydrogens is 297 g/mol. The summed E-state index contributed by atoms with van der Waals surface area (Å²) in [6.07, 6.45) is 0.704. The second kappa shape index (κ2) is 5.54. The molecule has 0 fully saturated rings. The SMILES string of the molecule is Cc1cc(CCN)nc(-c2ccc(F)cc2Br)n1. The molecule has 0 saturated carbocycles. The molecule has 0 aliphatic rings. The Morgan fingerprint density at radius 3 is 2.72 bits per heavy atom. The number of benzene rings is 1. The van der Waals surface area contributed by atoms with Crippen LogP contribution in [-0.4, -0.2) is 16.5 Å². The van der Waals surface area contributed by atoms with Gasteiger partial charge in [-0.25, -0.2) is 14.4 Å². The highest BCUT2D eigenvalue weighted by Crippen LogP contribution is 2.26. The zero-order valence-corrected chi connectivity index (χ0v) is 11.5. The Labute approximate surface area is 113 Å². The number of hydrogen-bond acceptors (Lipinski definition) is 3. The Kier molecular flexibility index (Phi) is 4.04. The van der Waals surface area contributed by atoms with Crippen LogP contribution in [0.4, 0.5) is 4.39 Å². The van der Waals surface area contributed by atoms with E-state index in [9.17, 15) is 4.39 Å². The van der Waals surface area contributed by atoms with Crippen molar-refractivity contribution in [1.82, 2.24) is 9.97 Å². The third-order valence-corrected chi connectivity index (χ3v) is 3.14. The molecule has 2 aromatic rings. The molecule has 0 aliphatic carbocycles. The van der Waals surface area contributed by atoms with Crippen molar-refractivity contribution in [3.05, 3.63) is 45.9 Å². The highest BCUT2D eigenvalue weighted by molar-refractivity contribution is 9.10. The summed E-state index contributed by atoms with van der Waals surface area (Å²) in [4.78, 5) is 8.81. The molecule has 3 nitrogen and oxygen atoms in total. The summed E-state index contributed by atoms with van der Waals surface area (Å²) in [6, 6.07) is 6.38. The van der Waals surface area contributed by atoms with Crippen molar-refractivity contribution >= 4 is 15.9 Å². The van der Waals surface area contributed by atoms with Gasteiger partial charge in [0.25, 0.3) is 0 Å². The molecule has 0 aliphatic heterocycles. The topological polar surface area (TPSA) is 51.8 Å². The Morgan fingerprint density at radius 1 is 1.28 bits per heavy atom. The van der Waals surface area contributed by atoms with Crippen LogP contribution in [0, 0.1) is 12.7 Å². The number of hydrogen-bond donors (Lipinski definition) is 1. The van der Waals surface area contributed by atoms with Gasteiger partial charge in [-0.1, -0.05) is 0 Å². The van der Waals surface area contributed by atoms with Crippen molar-refractivity contribution in [2.24, 2.45) is 5.73 Å². The predicted molar refractivity (Wildman–Crippen MR) is 72.6 cm³/mol. The van der Waals surface area contributed by atoms with Crippen molar-refractivity contribution in [1.29, 1.82) is 0 Å². The predicted octanol–water partition coefficient (Wildman–Crippen LogP) is 2.85.